The molecule has 0 aliphatic rings. The summed E-state index contributed by atoms with van der Waals surface area (Å²) in [4.78, 5) is 10.5. The highest BCUT2D eigenvalue weighted by atomic mass is 32.2. The Balaban J connectivity index is 2.82. The van der Waals surface area contributed by atoms with E-state index in [0.29, 0.717) is 0 Å². The molecule has 1 aromatic carbocycles. The van der Waals surface area contributed by atoms with Gasteiger partial charge in [-0.2, -0.15) is 4.31 Å². The number of sulfonamides is 1. The Morgan fingerprint density at radius 1 is 1.29 bits per heavy atom. The average Bonchev–Trinajstić information content (AvgIpc) is 2.25. The molecule has 5 nitrogen and oxygen atoms in total. The van der Waals surface area contributed by atoms with Crippen molar-refractivity contribution in [3.63, 3.8) is 0 Å². The van der Waals surface area contributed by atoms with Gasteiger partial charge in [-0.1, -0.05) is 37.3 Å². The molecular formula is C11H15NO4S. The maximum absolute atomic E-state index is 11.7. The maximum Gasteiger partial charge on any atom is 0.320 e. The lowest BCUT2D eigenvalue weighted by Crippen LogP contribution is -2.34. The smallest absolute Gasteiger partial charge is 0.320 e. The van der Waals surface area contributed by atoms with Crippen molar-refractivity contribution in [1.29, 1.82) is 0 Å². The highest BCUT2D eigenvalue weighted by Gasteiger charge is 2.23. The predicted octanol–water partition coefficient (Wildman–Crippen LogP) is 0.923. The Hall–Kier alpha value is -1.40. The van der Waals surface area contributed by atoms with Crippen LogP contribution in [-0.4, -0.2) is 36.1 Å². The van der Waals surface area contributed by atoms with Crippen molar-refractivity contribution < 1.29 is 18.3 Å². The lowest BCUT2D eigenvalue weighted by molar-refractivity contribution is -0.134. The predicted molar refractivity (Wildman–Crippen MR) is 63.9 cm³/mol. The molecule has 0 spiro atoms. The minimum atomic E-state index is -3.74. The zero-order valence-electron chi connectivity index (χ0n) is 9.54. The van der Waals surface area contributed by atoms with Crippen LogP contribution in [0.25, 0.3) is 0 Å². The third-order valence-electron chi connectivity index (χ3n) is 2.25. The van der Waals surface area contributed by atoms with Gasteiger partial charge in [0.05, 0.1) is 0 Å². The summed E-state index contributed by atoms with van der Waals surface area (Å²) in [5.41, 5.74) is 0.836. The second-order valence-electron chi connectivity index (χ2n) is 3.56. The van der Waals surface area contributed by atoms with Crippen molar-refractivity contribution in [3.8, 4) is 0 Å². The van der Waals surface area contributed by atoms with Gasteiger partial charge in [-0.25, -0.2) is 8.42 Å². The number of carboxylic acid groups (broad SMARTS) is 1. The number of aliphatic carboxylic acids is 1. The molecule has 0 saturated heterocycles. The van der Waals surface area contributed by atoms with Gasteiger partial charge in [0.1, 0.15) is 0 Å². The van der Waals surface area contributed by atoms with Crippen LogP contribution in [0.3, 0.4) is 0 Å². The van der Waals surface area contributed by atoms with Crippen LogP contribution in [0.15, 0.2) is 30.3 Å². The van der Waals surface area contributed by atoms with Gasteiger partial charge < -0.3 is 5.11 Å². The molecule has 1 aromatic rings. The van der Waals surface area contributed by atoms with Gasteiger partial charge in [0, 0.05) is 13.1 Å². The number of rotatable bonds is 6. The lowest BCUT2D eigenvalue weighted by Gasteiger charge is -2.19. The zero-order valence-corrected chi connectivity index (χ0v) is 10.4. The topological polar surface area (TPSA) is 74.7 Å². The third kappa shape index (κ3) is 4.16. The van der Waals surface area contributed by atoms with E-state index in [4.69, 9.17) is 5.11 Å². The second-order valence-corrected chi connectivity index (χ2v) is 5.53. The van der Waals surface area contributed by atoms with E-state index in [1.54, 1.807) is 19.1 Å². The van der Waals surface area contributed by atoms with Crippen molar-refractivity contribution in [1.82, 2.24) is 4.31 Å². The van der Waals surface area contributed by atoms with Crippen LogP contribution in [-0.2, 0) is 21.4 Å². The van der Waals surface area contributed by atoms with Gasteiger partial charge in [-0.3, -0.25) is 4.79 Å². The van der Waals surface area contributed by atoms with E-state index in [2.05, 4.69) is 0 Å². The number of nitrogens with zero attached hydrogens (tertiary/aromatic N) is 1. The molecule has 0 bridgehead atoms. The number of carbonyl (C=O) groups is 1. The Labute approximate surface area is 101 Å². The molecule has 0 aromatic heterocycles. The molecule has 17 heavy (non-hydrogen) atoms. The molecule has 0 atom stereocenters. The summed E-state index contributed by atoms with van der Waals surface area (Å²) in [6, 6.07) is 9.07. The Morgan fingerprint density at radius 2 is 1.88 bits per heavy atom. The van der Waals surface area contributed by atoms with Gasteiger partial charge in [0.15, 0.2) is 5.75 Å². The van der Waals surface area contributed by atoms with E-state index in [1.807, 2.05) is 18.2 Å². The summed E-state index contributed by atoms with van der Waals surface area (Å²) < 4.78 is 24.6. The summed E-state index contributed by atoms with van der Waals surface area (Å²) in [6.07, 6.45) is 0. The Bertz CT molecular complexity index is 470. The standard InChI is InChI=1S/C11H15NO4S/c1-2-12(17(15,16)9-11(13)14)8-10-6-4-3-5-7-10/h3-7H,2,8-9H2,1H3,(H,13,14). The fourth-order valence-corrected chi connectivity index (χ4v) is 2.68. The molecule has 0 radical (unpaired) electrons. The number of benzene rings is 1. The van der Waals surface area contributed by atoms with E-state index < -0.39 is 21.7 Å². The number of hydrogen-bond donors (Lipinski definition) is 1. The summed E-state index contributed by atoms with van der Waals surface area (Å²) in [5, 5.41) is 8.55. The normalized spacial score (nSPS) is 11.6. The molecule has 0 aliphatic heterocycles. The first kappa shape index (κ1) is 13.7. The van der Waals surface area contributed by atoms with Crippen LogP contribution in [0.1, 0.15) is 12.5 Å². The molecule has 1 N–H and O–H groups in total. The molecule has 6 heteroatoms. The SMILES string of the molecule is CCN(Cc1ccccc1)S(=O)(=O)CC(=O)O. The van der Waals surface area contributed by atoms with E-state index in [0.717, 1.165) is 9.87 Å². The molecule has 94 valence electrons. The highest BCUT2D eigenvalue weighted by Crippen LogP contribution is 2.09. The van der Waals surface area contributed by atoms with Crippen molar-refractivity contribution in [2.75, 3.05) is 12.3 Å². The maximum atomic E-state index is 11.7. The van der Waals surface area contributed by atoms with Crippen molar-refractivity contribution >= 4 is 16.0 Å². The molecule has 0 aliphatic carbocycles. The first-order chi connectivity index (χ1) is 7.95. The highest BCUT2D eigenvalue weighted by molar-refractivity contribution is 7.89. The largest absolute Gasteiger partial charge is 0.480 e. The minimum Gasteiger partial charge on any atom is -0.480 e. The first-order valence-corrected chi connectivity index (χ1v) is 6.80. The van der Waals surface area contributed by atoms with Gasteiger partial charge in [0.2, 0.25) is 10.0 Å². The van der Waals surface area contributed by atoms with Crippen molar-refractivity contribution in [2.45, 2.75) is 13.5 Å². The van der Waals surface area contributed by atoms with Crippen LogP contribution in [0.2, 0.25) is 0 Å². The lowest BCUT2D eigenvalue weighted by atomic mass is 10.2. The van der Waals surface area contributed by atoms with Crippen molar-refractivity contribution in [3.05, 3.63) is 35.9 Å². The summed E-state index contributed by atoms with van der Waals surface area (Å²) >= 11 is 0. The summed E-state index contributed by atoms with van der Waals surface area (Å²) in [6.45, 7) is 2.14. The minimum absolute atomic E-state index is 0.201. The Kier molecular flexibility index (Phi) is 4.65. The van der Waals surface area contributed by atoms with Crippen molar-refractivity contribution in [2.24, 2.45) is 0 Å². The summed E-state index contributed by atoms with van der Waals surface area (Å²) in [5.74, 6) is -2.20. The third-order valence-corrected chi connectivity index (χ3v) is 4.04. The van der Waals surface area contributed by atoms with E-state index in [1.165, 1.54) is 0 Å². The second kappa shape index (κ2) is 5.79. The van der Waals surface area contributed by atoms with Crippen LogP contribution in [0.4, 0.5) is 0 Å². The van der Waals surface area contributed by atoms with Crippen LogP contribution in [0, 0.1) is 0 Å². The van der Waals surface area contributed by atoms with E-state index in [9.17, 15) is 13.2 Å². The zero-order chi connectivity index (χ0) is 12.9. The fourth-order valence-electron chi connectivity index (χ4n) is 1.44. The van der Waals surface area contributed by atoms with E-state index >= 15 is 0 Å². The molecule has 0 amide bonds. The molecule has 1 rings (SSSR count). The first-order valence-electron chi connectivity index (χ1n) is 5.19. The van der Waals surface area contributed by atoms with Gasteiger partial charge in [0.25, 0.3) is 0 Å². The van der Waals surface area contributed by atoms with Crippen LogP contribution < -0.4 is 0 Å². The quantitative estimate of drug-likeness (QED) is 0.822. The van der Waals surface area contributed by atoms with Crippen LogP contribution >= 0.6 is 0 Å². The summed E-state index contributed by atoms with van der Waals surface area (Å²) in [7, 11) is -3.74. The molecule has 0 fully saturated rings. The van der Waals surface area contributed by atoms with Gasteiger partial charge in [-0.15, -0.1) is 0 Å². The molecule has 0 unspecified atom stereocenters. The fraction of sp³-hybridized carbons (Fsp3) is 0.364. The van der Waals surface area contributed by atoms with Crippen LogP contribution in [0.5, 0.6) is 0 Å². The molecular weight excluding hydrogens is 242 g/mol. The monoisotopic (exact) mass is 257 g/mol. The average molecular weight is 257 g/mol. The number of hydrogen-bond acceptors (Lipinski definition) is 3. The molecule has 0 saturated carbocycles. The molecule has 0 heterocycles. The Morgan fingerprint density at radius 3 is 2.35 bits per heavy atom. The van der Waals surface area contributed by atoms with Gasteiger partial charge >= 0.3 is 5.97 Å². The van der Waals surface area contributed by atoms with E-state index in [-0.39, 0.29) is 13.1 Å². The number of carboxylic acids is 1. The van der Waals surface area contributed by atoms with Gasteiger partial charge in [-0.05, 0) is 5.56 Å².